The summed E-state index contributed by atoms with van der Waals surface area (Å²) in [7, 11) is 0. The van der Waals surface area contributed by atoms with E-state index in [0.717, 1.165) is 23.9 Å². The molecular weight excluding hydrogens is 313 g/mol. The minimum absolute atomic E-state index is 0.0174. The fourth-order valence-corrected chi connectivity index (χ4v) is 2.96. The number of hydrogen-bond donors (Lipinski definition) is 1. The fourth-order valence-electron chi connectivity index (χ4n) is 1.81. The Hall–Kier alpha value is -2.10. The Morgan fingerprint density at radius 1 is 1.38 bits per heavy atom. The average Bonchev–Trinajstić information content (AvgIpc) is 2.37. The summed E-state index contributed by atoms with van der Waals surface area (Å²) in [6.07, 6.45) is -5.08. The minimum Gasteiger partial charge on any atom is -0.318 e. The van der Waals surface area contributed by atoms with Gasteiger partial charge in [-0.2, -0.15) is 13.2 Å². The molecule has 10 heteroatoms. The molecule has 0 spiro atoms. The van der Waals surface area contributed by atoms with Crippen molar-refractivity contribution in [2.45, 2.75) is 17.5 Å². The second-order valence-electron chi connectivity index (χ2n) is 4.07. The van der Waals surface area contributed by atoms with Gasteiger partial charge in [0.25, 0.3) is 5.69 Å². The van der Waals surface area contributed by atoms with Gasteiger partial charge in [0, 0.05) is 18.2 Å². The summed E-state index contributed by atoms with van der Waals surface area (Å²) in [5.41, 5.74) is -0.971. The van der Waals surface area contributed by atoms with Crippen LogP contribution in [0.25, 0.3) is 0 Å². The zero-order chi connectivity index (χ0) is 15.8. The summed E-state index contributed by atoms with van der Waals surface area (Å²) in [5, 5.41) is 12.5. The van der Waals surface area contributed by atoms with Crippen molar-refractivity contribution >= 4 is 34.8 Å². The Morgan fingerprint density at radius 2 is 2.05 bits per heavy atom. The predicted molar refractivity (Wildman–Crippen MR) is 67.5 cm³/mol. The molecule has 2 rings (SSSR count). The van der Waals surface area contributed by atoms with E-state index >= 15 is 0 Å². The van der Waals surface area contributed by atoms with Crippen LogP contribution in [0, 0.1) is 10.1 Å². The molecule has 0 unspecified atom stereocenters. The largest absolute Gasteiger partial charge is 0.471 e. The first-order chi connectivity index (χ1) is 9.71. The maximum absolute atomic E-state index is 12.3. The van der Waals surface area contributed by atoms with Crippen molar-refractivity contribution in [2.75, 3.05) is 11.1 Å². The Bertz CT molecular complexity index is 645. The lowest BCUT2D eigenvalue weighted by Crippen LogP contribution is -2.31. The molecule has 0 fully saturated rings. The quantitative estimate of drug-likeness (QED) is 0.668. The highest BCUT2D eigenvalue weighted by Crippen LogP contribution is 2.41. The van der Waals surface area contributed by atoms with E-state index in [2.05, 4.69) is 0 Å². The molecule has 0 bridgehead atoms. The summed E-state index contributed by atoms with van der Waals surface area (Å²) in [5.74, 6) is -2.48. The Morgan fingerprint density at radius 3 is 2.62 bits per heavy atom. The van der Waals surface area contributed by atoms with Crippen molar-refractivity contribution in [2.24, 2.45) is 0 Å². The zero-order valence-corrected chi connectivity index (χ0v) is 11.0. The Balaban J connectivity index is 2.51. The van der Waals surface area contributed by atoms with Gasteiger partial charge >= 0.3 is 12.1 Å². The topological polar surface area (TPSA) is 89.3 Å². The smallest absolute Gasteiger partial charge is 0.318 e. The third kappa shape index (κ3) is 2.99. The van der Waals surface area contributed by atoms with Gasteiger partial charge in [-0.15, -0.1) is 11.8 Å². The number of carbonyl (C=O) groups excluding carboxylic acids is 2. The van der Waals surface area contributed by atoms with Crippen LogP contribution in [-0.4, -0.2) is 28.5 Å². The predicted octanol–water partition coefficient (Wildman–Crippen LogP) is 2.77. The number of hydrogen-bond acceptors (Lipinski definition) is 5. The number of anilines is 1. The molecule has 1 amide bonds. The molecule has 1 aliphatic heterocycles. The van der Waals surface area contributed by atoms with Crippen LogP contribution in [0.2, 0.25) is 0 Å². The zero-order valence-electron chi connectivity index (χ0n) is 10.2. The van der Waals surface area contributed by atoms with Crippen LogP contribution in [0.4, 0.5) is 24.5 Å². The van der Waals surface area contributed by atoms with Gasteiger partial charge in [0.1, 0.15) is 0 Å². The molecule has 1 heterocycles. The van der Waals surface area contributed by atoms with Crippen molar-refractivity contribution in [1.82, 2.24) is 0 Å². The molecule has 0 saturated heterocycles. The average molecular weight is 320 g/mol. The number of amides is 1. The molecule has 21 heavy (non-hydrogen) atoms. The van der Waals surface area contributed by atoms with Gasteiger partial charge in [-0.05, 0) is 6.07 Å². The van der Waals surface area contributed by atoms with Crippen molar-refractivity contribution in [1.29, 1.82) is 0 Å². The first kappa shape index (κ1) is 15.3. The molecule has 1 aliphatic rings. The van der Waals surface area contributed by atoms with Crippen LogP contribution in [0.15, 0.2) is 17.0 Å². The van der Waals surface area contributed by atoms with E-state index in [-0.39, 0.29) is 28.3 Å². The number of carbonyl (C=O) groups is 2. The number of nitrogens with zero attached hydrogens (tertiary/aromatic N) is 1. The number of nitro benzene ring substituents is 1. The SMILES string of the molecule is O=C1CCSc2c([N+](=O)[O-])ccc(NC(=O)C(F)(F)F)c21. The molecule has 0 saturated carbocycles. The molecule has 1 aromatic carbocycles. The monoisotopic (exact) mass is 320 g/mol. The summed E-state index contributed by atoms with van der Waals surface area (Å²) < 4.78 is 36.8. The van der Waals surface area contributed by atoms with Gasteiger partial charge in [0.2, 0.25) is 0 Å². The number of thioether (sulfide) groups is 1. The third-order valence-electron chi connectivity index (χ3n) is 2.69. The maximum atomic E-state index is 12.3. The molecule has 6 nitrogen and oxygen atoms in total. The number of Topliss-reactive ketones (excluding diaryl/α,β-unsaturated/α-hetero) is 1. The van der Waals surface area contributed by atoms with E-state index < -0.39 is 22.8 Å². The first-order valence-electron chi connectivity index (χ1n) is 5.57. The van der Waals surface area contributed by atoms with Gasteiger partial charge < -0.3 is 5.32 Å². The lowest BCUT2D eigenvalue weighted by Gasteiger charge is -2.18. The van der Waals surface area contributed by atoms with Crippen LogP contribution < -0.4 is 5.32 Å². The first-order valence-corrected chi connectivity index (χ1v) is 6.56. The van der Waals surface area contributed by atoms with Crippen LogP contribution in [0.5, 0.6) is 0 Å². The van der Waals surface area contributed by atoms with E-state index in [1.54, 1.807) is 5.32 Å². The van der Waals surface area contributed by atoms with E-state index in [9.17, 15) is 32.9 Å². The molecule has 112 valence electrons. The van der Waals surface area contributed by atoms with Gasteiger partial charge in [-0.1, -0.05) is 0 Å². The van der Waals surface area contributed by atoms with Gasteiger partial charge in [-0.25, -0.2) is 0 Å². The van der Waals surface area contributed by atoms with Crippen molar-refractivity contribution < 1.29 is 27.7 Å². The minimum atomic E-state index is -5.11. The van der Waals surface area contributed by atoms with Crippen molar-refractivity contribution in [3.8, 4) is 0 Å². The maximum Gasteiger partial charge on any atom is 0.471 e. The van der Waals surface area contributed by atoms with Crippen LogP contribution in [0.1, 0.15) is 16.8 Å². The number of alkyl halides is 3. The summed E-state index contributed by atoms with van der Waals surface area (Å²) >= 11 is 1.00. The highest BCUT2D eigenvalue weighted by molar-refractivity contribution is 7.99. The van der Waals surface area contributed by atoms with Crippen molar-refractivity contribution in [3.05, 3.63) is 27.8 Å². The highest BCUT2D eigenvalue weighted by atomic mass is 32.2. The van der Waals surface area contributed by atoms with E-state index in [1.165, 1.54) is 0 Å². The van der Waals surface area contributed by atoms with Gasteiger partial charge in [0.15, 0.2) is 5.78 Å². The van der Waals surface area contributed by atoms with Gasteiger partial charge in [-0.3, -0.25) is 19.7 Å². The number of nitrogens with one attached hydrogen (secondary N) is 1. The molecule has 0 atom stereocenters. The van der Waals surface area contributed by atoms with Gasteiger partial charge in [0.05, 0.1) is 21.1 Å². The molecule has 1 aromatic rings. The number of nitro groups is 1. The number of ketones is 1. The normalized spacial score (nSPS) is 14.5. The lowest BCUT2D eigenvalue weighted by atomic mass is 10.0. The molecular formula is C11H7F3N2O4S. The second kappa shape index (κ2) is 5.35. The summed E-state index contributed by atoms with van der Waals surface area (Å²) in [4.78, 5) is 32.9. The number of halogens is 3. The molecule has 0 aliphatic carbocycles. The lowest BCUT2D eigenvalue weighted by molar-refractivity contribution is -0.387. The van der Waals surface area contributed by atoms with Crippen LogP contribution in [-0.2, 0) is 4.79 Å². The molecule has 0 aromatic heterocycles. The Labute approximate surface area is 119 Å². The van der Waals surface area contributed by atoms with Crippen LogP contribution >= 0.6 is 11.8 Å². The number of benzene rings is 1. The molecule has 1 N–H and O–H groups in total. The summed E-state index contributed by atoms with van der Waals surface area (Å²) in [6, 6.07) is 1.90. The highest BCUT2D eigenvalue weighted by Gasteiger charge is 2.40. The third-order valence-corrected chi connectivity index (χ3v) is 3.80. The second-order valence-corrected chi connectivity index (χ2v) is 5.17. The molecule has 0 radical (unpaired) electrons. The van der Waals surface area contributed by atoms with E-state index in [1.807, 2.05) is 0 Å². The summed E-state index contributed by atoms with van der Waals surface area (Å²) in [6.45, 7) is 0. The number of fused-ring (bicyclic) bond motifs is 1. The standard InChI is InChI=1S/C11H7F3N2O4S/c12-11(13,14)10(18)15-5-1-2-6(16(19)20)9-8(5)7(17)3-4-21-9/h1-2H,3-4H2,(H,15,18). The Kier molecular flexibility index (Phi) is 3.90. The van der Waals surface area contributed by atoms with Crippen LogP contribution in [0.3, 0.4) is 0 Å². The van der Waals surface area contributed by atoms with Crippen molar-refractivity contribution in [3.63, 3.8) is 0 Å². The number of rotatable bonds is 2. The van der Waals surface area contributed by atoms with E-state index in [4.69, 9.17) is 0 Å². The van der Waals surface area contributed by atoms with E-state index in [0.29, 0.717) is 5.75 Å². The fraction of sp³-hybridized carbons (Fsp3) is 0.273.